The summed E-state index contributed by atoms with van der Waals surface area (Å²) in [5.41, 5.74) is 4.86. The molecule has 7 nitrogen and oxygen atoms in total. The average molecular weight is 310 g/mol. The van der Waals surface area contributed by atoms with E-state index in [2.05, 4.69) is 4.99 Å². The van der Waals surface area contributed by atoms with Gasteiger partial charge in [0, 0.05) is 0 Å². The first kappa shape index (κ1) is 15.5. The van der Waals surface area contributed by atoms with Crippen molar-refractivity contribution in [3.8, 4) is 0 Å². The summed E-state index contributed by atoms with van der Waals surface area (Å²) in [6.45, 7) is 0.460. The fourth-order valence-electron chi connectivity index (χ4n) is 3.41. The number of fused-ring (bicyclic) bond motifs is 2. The number of ether oxygens (including phenoxy) is 3. The number of hydrogen-bond donors (Lipinski definition) is 1. The van der Waals surface area contributed by atoms with Crippen molar-refractivity contribution in [1.82, 2.24) is 0 Å². The maximum atomic E-state index is 10.3. The van der Waals surface area contributed by atoms with E-state index in [0.717, 1.165) is 38.5 Å². The zero-order valence-corrected chi connectivity index (χ0v) is 12.5. The topological polar surface area (TPSA) is 107 Å². The number of epoxide rings is 2. The van der Waals surface area contributed by atoms with Crippen LogP contribution in [0.2, 0.25) is 0 Å². The van der Waals surface area contributed by atoms with Gasteiger partial charge in [0.15, 0.2) is 0 Å². The number of carbonyl (C=O) groups excluding carboxylic acids is 2. The van der Waals surface area contributed by atoms with E-state index in [-0.39, 0.29) is 6.04 Å². The van der Waals surface area contributed by atoms with Crippen molar-refractivity contribution in [2.45, 2.75) is 69.0 Å². The first-order chi connectivity index (χ1) is 10.7. The third-order valence-corrected chi connectivity index (χ3v) is 4.79. The first-order valence-corrected chi connectivity index (χ1v) is 7.96. The standard InChI is InChI=1S/C8H13NO3.C7H9NO2/c9-8(10)11-4-5-1-2-6-7(3-5)12-6;9-4-8-5-1-2-6-7(3-5)10-6/h5-7H,1-4H2,(H2,9,10);5-7H,1-3H2. The molecule has 4 fully saturated rings. The highest BCUT2D eigenvalue weighted by Gasteiger charge is 2.44. The number of primary amides is 1. The summed E-state index contributed by atoms with van der Waals surface area (Å²) in [5, 5.41) is 0. The molecular weight excluding hydrogens is 288 g/mol. The fraction of sp³-hybridized carbons (Fsp3) is 0.867. The lowest BCUT2D eigenvalue weighted by atomic mass is 9.90. The predicted molar refractivity (Wildman–Crippen MR) is 76.0 cm³/mol. The fourth-order valence-corrected chi connectivity index (χ4v) is 3.41. The molecule has 0 aromatic heterocycles. The van der Waals surface area contributed by atoms with Gasteiger partial charge in [-0.3, -0.25) is 0 Å². The van der Waals surface area contributed by atoms with Crippen LogP contribution in [0.4, 0.5) is 4.79 Å². The van der Waals surface area contributed by atoms with Crippen LogP contribution in [0.1, 0.15) is 38.5 Å². The van der Waals surface area contributed by atoms with Gasteiger partial charge < -0.3 is 19.9 Å². The van der Waals surface area contributed by atoms with E-state index in [1.165, 1.54) is 0 Å². The number of carbonyl (C=O) groups is 1. The Bertz CT molecular complexity index is 465. The van der Waals surface area contributed by atoms with Crippen LogP contribution in [-0.2, 0) is 19.0 Å². The van der Waals surface area contributed by atoms with Gasteiger partial charge in [-0.05, 0) is 44.4 Å². The second-order valence-electron chi connectivity index (χ2n) is 6.42. The van der Waals surface area contributed by atoms with E-state index >= 15 is 0 Å². The van der Waals surface area contributed by atoms with E-state index in [1.807, 2.05) is 0 Å². The van der Waals surface area contributed by atoms with Gasteiger partial charge in [0.1, 0.15) is 0 Å². The monoisotopic (exact) mass is 310 g/mol. The Hall–Kier alpha value is -1.43. The highest BCUT2D eigenvalue weighted by molar-refractivity contribution is 5.64. The van der Waals surface area contributed by atoms with Crippen LogP contribution < -0.4 is 5.73 Å². The molecule has 1 amide bonds. The van der Waals surface area contributed by atoms with Gasteiger partial charge in [-0.25, -0.2) is 14.6 Å². The summed E-state index contributed by atoms with van der Waals surface area (Å²) in [6.07, 6.45) is 9.01. The molecule has 2 saturated heterocycles. The van der Waals surface area contributed by atoms with Crippen LogP contribution in [0.5, 0.6) is 0 Å². The number of nitrogens with zero attached hydrogens (tertiary/aromatic N) is 1. The van der Waals surface area contributed by atoms with Gasteiger partial charge in [0.05, 0.1) is 37.1 Å². The molecule has 0 bridgehead atoms. The molecule has 2 heterocycles. The quantitative estimate of drug-likeness (QED) is 0.480. The summed E-state index contributed by atoms with van der Waals surface area (Å²) in [5.74, 6) is 0.459. The molecule has 6 atom stereocenters. The molecule has 7 heteroatoms. The minimum Gasteiger partial charge on any atom is -0.449 e. The summed E-state index contributed by atoms with van der Waals surface area (Å²) in [6, 6.07) is 0.196. The Labute approximate surface area is 129 Å². The molecule has 2 saturated carbocycles. The molecule has 122 valence electrons. The predicted octanol–water partition coefficient (Wildman–Crippen LogP) is 1.29. The van der Waals surface area contributed by atoms with Gasteiger partial charge in [-0.15, -0.1) is 0 Å². The molecule has 4 aliphatic rings. The van der Waals surface area contributed by atoms with Crippen LogP contribution >= 0.6 is 0 Å². The van der Waals surface area contributed by atoms with Crippen molar-refractivity contribution >= 4 is 12.2 Å². The summed E-state index contributed by atoms with van der Waals surface area (Å²) < 4.78 is 15.3. The number of hydrogen-bond acceptors (Lipinski definition) is 6. The number of nitrogens with two attached hydrogens (primary N) is 1. The number of aliphatic imine (C=N–C) groups is 1. The smallest absolute Gasteiger partial charge is 0.404 e. The second kappa shape index (κ2) is 6.77. The van der Waals surface area contributed by atoms with Crippen molar-refractivity contribution in [2.75, 3.05) is 6.61 Å². The van der Waals surface area contributed by atoms with Crippen LogP contribution in [0, 0.1) is 5.92 Å². The van der Waals surface area contributed by atoms with E-state index in [1.54, 1.807) is 6.08 Å². The molecule has 2 N–H and O–H groups in total. The summed E-state index contributed by atoms with van der Waals surface area (Å²) >= 11 is 0. The highest BCUT2D eigenvalue weighted by atomic mass is 16.6. The zero-order valence-electron chi connectivity index (χ0n) is 12.5. The van der Waals surface area contributed by atoms with E-state index in [9.17, 15) is 9.59 Å². The summed E-state index contributed by atoms with van der Waals surface area (Å²) in [4.78, 5) is 23.8. The Morgan fingerprint density at radius 2 is 1.77 bits per heavy atom. The van der Waals surface area contributed by atoms with Crippen molar-refractivity contribution in [3.63, 3.8) is 0 Å². The largest absolute Gasteiger partial charge is 0.449 e. The maximum Gasteiger partial charge on any atom is 0.404 e. The van der Waals surface area contributed by atoms with E-state index < -0.39 is 6.09 Å². The SMILES string of the molecule is NC(=O)OCC1CCC2OC2C1.O=C=NC1CCC2OC2C1. The van der Waals surface area contributed by atoms with E-state index in [4.69, 9.17) is 19.9 Å². The van der Waals surface area contributed by atoms with Crippen LogP contribution in [-0.4, -0.2) is 49.2 Å². The lowest BCUT2D eigenvalue weighted by Crippen LogP contribution is -2.22. The van der Waals surface area contributed by atoms with Gasteiger partial charge in [-0.2, -0.15) is 0 Å². The Morgan fingerprint density at radius 3 is 2.36 bits per heavy atom. The van der Waals surface area contributed by atoms with E-state index in [0.29, 0.717) is 36.9 Å². The lowest BCUT2D eigenvalue weighted by Gasteiger charge is -2.17. The molecule has 0 aromatic rings. The Kier molecular flexibility index (Phi) is 4.76. The average Bonchev–Trinajstić information content (AvgIpc) is 3.39. The molecule has 0 spiro atoms. The molecule has 2 aliphatic heterocycles. The Morgan fingerprint density at radius 1 is 1.09 bits per heavy atom. The minimum atomic E-state index is -0.672. The van der Waals surface area contributed by atoms with Crippen molar-refractivity contribution in [2.24, 2.45) is 16.6 Å². The molecule has 0 radical (unpaired) electrons. The third-order valence-electron chi connectivity index (χ3n) is 4.79. The van der Waals surface area contributed by atoms with Crippen molar-refractivity contribution < 1.29 is 23.8 Å². The van der Waals surface area contributed by atoms with Gasteiger partial charge >= 0.3 is 6.09 Å². The Balaban J connectivity index is 0.000000133. The van der Waals surface area contributed by atoms with Crippen molar-refractivity contribution in [3.05, 3.63) is 0 Å². The number of amides is 1. The maximum absolute atomic E-state index is 10.3. The lowest BCUT2D eigenvalue weighted by molar-refractivity contribution is 0.127. The highest BCUT2D eigenvalue weighted by Crippen LogP contribution is 2.39. The number of isocyanates is 1. The normalized spacial score (nSPS) is 40.7. The van der Waals surface area contributed by atoms with Gasteiger partial charge in [0.2, 0.25) is 6.08 Å². The minimum absolute atomic E-state index is 0.196. The van der Waals surface area contributed by atoms with Crippen LogP contribution in [0.25, 0.3) is 0 Å². The van der Waals surface area contributed by atoms with Crippen LogP contribution in [0.3, 0.4) is 0 Å². The zero-order chi connectivity index (χ0) is 15.5. The molecule has 6 unspecified atom stereocenters. The third kappa shape index (κ3) is 4.29. The van der Waals surface area contributed by atoms with Gasteiger partial charge in [-0.1, -0.05) is 0 Å². The molecule has 0 aromatic carbocycles. The van der Waals surface area contributed by atoms with Gasteiger partial charge in [0.25, 0.3) is 0 Å². The van der Waals surface area contributed by atoms with Crippen LogP contribution in [0.15, 0.2) is 4.99 Å². The molecular formula is C15H22N2O5. The molecule has 4 rings (SSSR count). The molecule has 22 heavy (non-hydrogen) atoms. The van der Waals surface area contributed by atoms with Crippen molar-refractivity contribution in [1.29, 1.82) is 0 Å². The summed E-state index contributed by atoms with van der Waals surface area (Å²) in [7, 11) is 0. The number of rotatable bonds is 3. The first-order valence-electron chi connectivity index (χ1n) is 7.96. The molecule has 2 aliphatic carbocycles. The second-order valence-corrected chi connectivity index (χ2v) is 6.42.